The molecule has 0 aliphatic heterocycles. The lowest BCUT2D eigenvalue weighted by Gasteiger charge is -2.06. The van der Waals surface area contributed by atoms with Gasteiger partial charge >= 0.3 is 0 Å². The van der Waals surface area contributed by atoms with Crippen LogP contribution >= 0.6 is 0 Å². The van der Waals surface area contributed by atoms with Crippen LogP contribution < -0.4 is 5.32 Å². The van der Waals surface area contributed by atoms with Crippen molar-refractivity contribution in [1.82, 2.24) is 4.98 Å². The highest BCUT2D eigenvalue weighted by Gasteiger charge is 1.95. The van der Waals surface area contributed by atoms with E-state index in [-0.39, 0.29) is 0 Å². The summed E-state index contributed by atoms with van der Waals surface area (Å²) in [7, 11) is 3.50. The number of pyridine rings is 1. The second-order valence-electron chi connectivity index (χ2n) is 3.46. The summed E-state index contributed by atoms with van der Waals surface area (Å²) in [6, 6.07) is 3.92. The zero-order valence-electron chi connectivity index (χ0n) is 10.4. The maximum absolute atomic E-state index is 5.45. The topological polar surface area (TPSA) is 52.6 Å². The van der Waals surface area contributed by atoms with Crippen molar-refractivity contribution in [1.29, 1.82) is 0 Å². The summed E-state index contributed by atoms with van der Waals surface area (Å²) >= 11 is 0. The highest BCUT2D eigenvalue weighted by atomic mass is 16.5. The molecule has 17 heavy (non-hydrogen) atoms. The number of hydrogen-bond donors (Lipinski definition) is 1. The summed E-state index contributed by atoms with van der Waals surface area (Å²) < 4.78 is 15.6. The van der Waals surface area contributed by atoms with Crippen LogP contribution in [0.5, 0.6) is 0 Å². The number of aromatic nitrogens is 1. The van der Waals surface area contributed by atoms with Crippen LogP contribution in [0.3, 0.4) is 0 Å². The first-order chi connectivity index (χ1) is 8.36. The van der Waals surface area contributed by atoms with Crippen LogP contribution in [0.1, 0.15) is 5.56 Å². The van der Waals surface area contributed by atoms with E-state index in [9.17, 15) is 0 Å². The molecule has 0 aliphatic carbocycles. The maximum Gasteiger partial charge on any atom is 0.125 e. The summed E-state index contributed by atoms with van der Waals surface area (Å²) in [5.41, 5.74) is 1.06. The van der Waals surface area contributed by atoms with E-state index in [4.69, 9.17) is 14.2 Å². The van der Waals surface area contributed by atoms with Gasteiger partial charge in [-0.1, -0.05) is 6.07 Å². The van der Waals surface area contributed by atoms with Crippen molar-refractivity contribution in [2.75, 3.05) is 45.9 Å². The average molecular weight is 240 g/mol. The Morgan fingerprint density at radius 3 is 2.53 bits per heavy atom. The van der Waals surface area contributed by atoms with Crippen LogP contribution in [0.2, 0.25) is 0 Å². The zero-order valence-corrected chi connectivity index (χ0v) is 10.4. The van der Waals surface area contributed by atoms with Crippen LogP contribution in [0.25, 0.3) is 0 Å². The van der Waals surface area contributed by atoms with Gasteiger partial charge in [-0.15, -0.1) is 0 Å². The Morgan fingerprint density at radius 1 is 1.12 bits per heavy atom. The molecule has 0 amide bonds. The summed E-state index contributed by atoms with van der Waals surface area (Å²) in [4.78, 5) is 4.20. The highest BCUT2D eigenvalue weighted by molar-refractivity contribution is 5.34. The summed E-state index contributed by atoms with van der Waals surface area (Å²) in [6.07, 6.45) is 1.80. The average Bonchev–Trinajstić information content (AvgIpc) is 2.38. The molecule has 1 N–H and O–H groups in total. The SMILES string of the molecule is CNc1ccc(COCCOCCOC)cn1. The predicted molar refractivity (Wildman–Crippen MR) is 66.1 cm³/mol. The van der Waals surface area contributed by atoms with Gasteiger partial charge in [0.15, 0.2) is 0 Å². The predicted octanol–water partition coefficient (Wildman–Crippen LogP) is 1.30. The number of methoxy groups -OCH3 is 1. The smallest absolute Gasteiger partial charge is 0.125 e. The quantitative estimate of drug-likeness (QED) is 0.659. The molecule has 0 unspecified atom stereocenters. The van der Waals surface area contributed by atoms with Gasteiger partial charge in [-0.05, 0) is 11.6 Å². The summed E-state index contributed by atoms with van der Waals surface area (Å²) in [6.45, 7) is 2.96. The molecule has 1 aromatic heterocycles. The molecule has 96 valence electrons. The van der Waals surface area contributed by atoms with Gasteiger partial charge < -0.3 is 19.5 Å². The third-order valence-electron chi connectivity index (χ3n) is 2.15. The van der Waals surface area contributed by atoms with Gasteiger partial charge in [0.05, 0.1) is 33.0 Å². The number of nitrogens with zero attached hydrogens (tertiary/aromatic N) is 1. The molecule has 0 bridgehead atoms. The highest BCUT2D eigenvalue weighted by Crippen LogP contribution is 2.04. The van der Waals surface area contributed by atoms with Gasteiger partial charge in [-0.2, -0.15) is 0 Å². The molecule has 0 aromatic carbocycles. The Bertz CT molecular complexity index is 290. The lowest BCUT2D eigenvalue weighted by Crippen LogP contribution is -2.08. The molecule has 1 aromatic rings. The molecule has 5 heteroatoms. The number of hydrogen-bond acceptors (Lipinski definition) is 5. The van der Waals surface area contributed by atoms with E-state index in [0.717, 1.165) is 11.4 Å². The molecule has 0 saturated carbocycles. The normalized spacial score (nSPS) is 10.5. The first-order valence-electron chi connectivity index (χ1n) is 5.64. The van der Waals surface area contributed by atoms with Crippen molar-refractivity contribution in [3.05, 3.63) is 23.9 Å². The lowest BCUT2D eigenvalue weighted by molar-refractivity contribution is 0.0199. The van der Waals surface area contributed by atoms with Crippen LogP contribution in [-0.4, -0.2) is 45.6 Å². The summed E-state index contributed by atoms with van der Waals surface area (Å²) in [5.74, 6) is 0.858. The van der Waals surface area contributed by atoms with Crippen molar-refractivity contribution in [2.24, 2.45) is 0 Å². The van der Waals surface area contributed by atoms with E-state index in [0.29, 0.717) is 33.0 Å². The van der Waals surface area contributed by atoms with E-state index >= 15 is 0 Å². The summed E-state index contributed by atoms with van der Waals surface area (Å²) in [5, 5.41) is 2.97. The van der Waals surface area contributed by atoms with Crippen molar-refractivity contribution in [3.8, 4) is 0 Å². The molecular formula is C12H20N2O3. The monoisotopic (exact) mass is 240 g/mol. The second kappa shape index (κ2) is 8.92. The van der Waals surface area contributed by atoms with E-state index < -0.39 is 0 Å². The van der Waals surface area contributed by atoms with Crippen LogP contribution in [0.4, 0.5) is 5.82 Å². The number of rotatable bonds is 9. The number of anilines is 1. The van der Waals surface area contributed by atoms with Gasteiger partial charge in [-0.25, -0.2) is 4.98 Å². The molecule has 0 fully saturated rings. The maximum atomic E-state index is 5.45. The van der Waals surface area contributed by atoms with Gasteiger partial charge in [0.1, 0.15) is 5.82 Å². The Hall–Kier alpha value is -1.17. The fraction of sp³-hybridized carbons (Fsp3) is 0.583. The molecule has 1 rings (SSSR count). The van der Waals surface area contributed by atoms with Gasteiger partial charge in [0.2, 0.25) is 0 Å². The largest absolute Gasteiger partial charge is 0.382 e. The van der Waals surface area contributed by atoms with E-state index in [1.165, 1.54) is 0 Å². The minimum atomic E-state index is 0.560. The van der Waals surface area contributed by atoms with Crippen molar-refractivity contribution < 1.29 is 14.2 Å². The fourth-order valence-corrected chi connectivity index (χ4v) is 1.21. The third kappa shape index (κ3) is 6.21. The van der Waals surface area contributed by atoms with Gasteiger partial charge in [0.25, 0.3) is 0 Å². The standard InChI is InChI=1S/C12H20N2O3/c1-13-12-4-3-11(9-14-12)10-17-8-7-16-6-5-15-2/h3-4,9H,5-8,10H2,1-2H3,(H,13,14). The third-order valence-corrected chi connectivity index (χ3v) is 2.15. The second-order valence-corrected chi connectivity index (χ2v) is 3.46. The molecule has 0 spiro atoms. The first kappa shape index (κ1) is 13.9. The Labute approximate surface area is 102 Å². The van der Waals surface area contributed by atoms with Crippen LogP contribution in [0, 0.1) is 0 Å². The number of ether oxygens (including phenoxy) is 3. The van der Waals surface area contributed by atoms with Crippen molar-refractivity contribution in [2.45, 2.75) is 6.61 Å². The molecular weight excluding hydrogens is 220 g/mol. The minimum Gasteiger partial charge on any atom is -0.382 e. The van der Waals surface area contributed by atoms with Gasteiger partial charge in [-0.3, -0.25) is 0 Å². The van der Waals surface area contributed by atoms with E-state index in [1.807, 2.05) is 19.2 Å². The first-order valence-corrected chi connectivity index (χ1v) is 5.64. The lowest BCUT2D eigenvalue weighted by atomic mass is 10.3. The molecule has 1 heterocycles. The van der Waals surface area contributed by atoms with Crippen LogP contribution in [0.15, 0.2) is 18.3 Å². The van der Waals surface area contributed by atoms with E-state index in [1.54, 1.807) is 13.3 Å². The van der Waals surface area contributed by atoms with Gasteiger partial charge in [0, 0.05) is 20.4 Å². The Morgan fingerprint density at radius 2 is 1.88 bits per heavy atom. The molecule has 0 atom stereocenters. The Kier molecular flexibility index (Phi) is 7.29. The van der Waals surface area contributed by atoms with Crippen LogP contribution in [-0.2, 0) is 20.8 Å². The molecule has 5 nitrogen and oxygen atoms in total. The Balaban J connectivity index is 2.05. The van der Waals surface area contributed by atoms with Crippen molar-refractivity contribution in [3.63, 3.8) is 0 Å². The zero-order chi connectivity index (χ0) is 12.3. The minimum absolute atomic E-state index is 0.560. The van der Waals surface area contributed by atoms with E-state index in [2.05, 4.69) is 10.3 Å². The van der Waals surface area contributed by atoms with Crippen molar-refractivity contribution >= 4 is 5.82 Å². The molecule has 0 aliphatic rings. The number of nitrogens with one attached hydrogen (secondary N) is 1. The molecule has 0 saturated heterocycles. The fourth-order valence-electron chi connectivity index (χ4n) is 1.21. The molecule has 0 radical (unpaired) electrons.